The number of ether oxygens (including phenoxy) is 1. The van der Waals surface area contributed by atoms with Gasteiger partial charge in [-0.15, -0.1) is 0 Å². The highest BCUT2D eigenvalue weighted by Crippen LogP contribution is 2.22. The molecule has 7 heteroatoms. The largest absolute Gasteiger partial charge is 0.489 e. The average molecular weight is 339 g/mol. The van der Waals surface area contributed by atoms with E-state index in [2.05, 4.69) is 10.1 Å². The molecule has 0 amide bonds. The van der Waals surface area contributed by atoms with Crippen molar-refractivity contribution in [3.63, 3.8) is 0 Å². The Morgan fingerprint density at radius 3 is 2.36 bits per heavy atom. The molecule has 2 aromatic carbocycles. The van der Waals surface area contributed by atoms with Crippen molar-refractivity contribution in [3.05, 3.63) is 70.1 Å². The lowest BCUT2D eigenvalue weighted by molar-refractivity contribution is -0.384. The quantitative estimate of drug-likeness (QED) is 0.490. The van der Waals surface area contributed by atoms with Gasteiger partial charge in [0, 0.05) is 23.6 Å². The van der Waals surface area contributed by atoms with Crippen molar-refractivity contribution in [3.8, 4) is 17.1 Å². The Bertz CT molecular complexity index is 855. The van der Waals surface area contributed by atoms with Gasteiger partial charge in [-0.3, -0.25) is 10.1 Å². The molecule has 0 fully saturated rings. The van der Waals surface area contributed by atoms with Crippen LogP contribution < -0.4 is 4.74 Å². The molecule has 7 nitrogen and oxygen atoms in total. The van der Waals surface area contributed by atoms with E-state index in [1.807, 2.05) is 38.1 Å². The molecule has 0 radical (unpaired) electrons. The highest BCUT2D eigenvalue weighted by atomic mass is 16.6. The van der Waals surface area contributed by atoms with E-state index in [-0.39, 0.29) is 11.6 Å². The molecule has 0 spiro atoms. The molecule has 0 aliphatic heterocycles. The third-order valence-corrected chi connectivity index (χ3v) is 3.60. The second kappa shape index (κ2) is 7.12. The summed E-state index contributed by atoms with van der Waals surface area (Å²) in [6, 6.07) is 13.7. The molecule has 0 saturated carbocycles. The van der Waals surface area contributed by atoms with Crippen molar-refractivity contribution in [1.82, 2.24) is 10.1 Å². The Hall–Kier alpha value is -3.22. The maximum Gasteiger partial charge on any atom is 0.269 e. The van der Waals surface area contributed by atoms with Gasteiger partial charge in [0.15, 0.2) is 0 Å². The monoisotopic (exact) mass is 339 g/mol. The summed E-state index contributed by atoms with van der Waals surface area (Å²) in [5.74, 6) is 2.03. The second-order valence-corrected chi connectivity index (χ2v) is 5.85. The molecule has 0 aliphatic rings. The molecular formula is C18H17N3O4. The number of aromatic nitrogens is 2. The zero-order valence-corrected chi connectivity index (χ0v) is 13.9. The van der Waals surface area contributed by atoms with Gasteiger partial charge in [-0.1, -0.05) is 19.0 Å². The lowest BCUT2D eigenvalue weighted by Gasteiger charge is -2.06. The molecule has 0 N–H and O–H groups in total. The van der Waals surface area contributed by atoms with Crippen molar-refractivity contribution in [2.75, 3.05) is 0 Å². The minimum Gasteiger partial charge on any atom is -0.489 e. The van der Waals surface area contributed by atoms with Gasteiger partial charge in [0.1, 0.15) is 12.4 Å². The smallest absolute Gasteiger partial charge is 0.269 e. The highest BCUT2D eigenvalue weighted by molar-refractivity contribution is 5.55. The van der Waals surface area contributed by atoms with Crippen LogP contribution in [-0.2, 0) is 6.61 Å². The fourth-order valence-corrected chi connectivity index (χ4v) is 2.17. The van der Waals surface area contributed by atoms with Gasteiger partial charge in [-0.2, -0.15) is 4.98 Å². The van der Waals surface area contributed by atoms with E-state index >= 15 is 0 Å². The summed E-state index contributed by atoms with van der Waals surface area (Å²) in [4.78, 5) is 14.6. The zero-order chi connectivity index (χ0) is 17.8. The summed E-state index contributed by atoms with van der Waals surface area (Å²) in [5, 5.41) is 14.6. The number of rotatable bonds is 6. The predicted molar refractivity (Wildman–Crippen MR) is 91.3 cm³/mol. The van der Waals surface area contributed by atoms with Crippen molar-refractivity contribution < 1.29 is 14.2 Å². The SMILES string of the molecule is CC(C)c1nc(-c2ccc(OCc3ccc([N+](=O)[O-])cc3)cc2)no1. The topological polar surface area (TPSA) is 91.3 Å². The Morgan fingerprint density at radius 1 is 1.12 bits per heavy atom. The number of nitro groups is 1. The van der Waals surface area contributed by atoms with Crippen LogP contribution in [0.4, 0.5) is 5.69 Å². The van der Waals surface area contributed by atoms with Crippen LogP contribution in [0.5, 0.6) is 5.75 Å². The second-order valence-electron chi connectivity index (χ2n) is 5.85. The molecule has 0 atom stereocenters. The normalized spacial score (nSPS) is 10.8. The first-order valence-corrected chi connectivity index (χ1v) is 7.83. The van der Waals surface area contributed by atoms with Gasteiger partial charge >= 0.3 is 0 Å². The Balaban J connectivity index is 1.63. The Labute approximate surface area is 144 Å². The number of benzene rings is 2. The van der Waals surface area contributed by atoms with E-state index in [0.29, 0.717) is 24.1 Å². The lowest BCUT2D eigenvalue weighted by atomic mass is 10.2. The number of nitro benzene ring substituents is 1. The molecule has 128 valence electrons. The van der Waals surface area contributed by atoms with Crippen molar-refractivity contribution in [1.29, 1.82) is 0 Å². The summed E-state index contributed by atoms with van der Waals surface area (Å²) >= 11 is 0. The summed E-state index contributed by atoms with van der Waals surface area (Å²) in [7, 11) is 0. The average Bonchev–Trinajstić information content (AvgIpc) is 3.11. The van der Waals surface area contributed by atoms with Gasteiger partial charge in [0.2, 0.25) is 11.7 Å². The number of hydrogen-bond acceptors (Lipinski definition) is 6. The van der Waals surface area contributed by atoms with Crippen LogP contribution in [-0.4, -0.2) is 15.1 Å². The van der Waals surface area contributed by atoms with E-state index in [1.165, 1.54) is 12.1 Å². The van der Waals surface area contributed by atoms with Crippen LogP contribution in [0.3, 0.4) is 0 Å². The lowest BCUT2D eigenvalue weighted by Crippen LogP contribution is -1.96. The molecule has 0 unspecified atom stereocenters. The molecule has 25 heavy (non-hydrogen) atoms. The van der Waals surface area contributed by atoms with Crippen LogP contribution >= 0.6 is 0 Å². The maximum atomic E-state index is 10.6. The Morgan fingerprint density at radius 2 is 1.80 bits per heavy atom. The minimum absolute atomic E-state index is 0.0639. The van der Waals surface area contributed by atoms with Crippen LogP contribution in [0.1, 0.15) is 31.2 Å². The summed E-state index contributed by atoms with van der Waals surface area (Å²) in [6.45, 7) is 4.32. The first kappa shape index (κ1) is 16.6. The molecule has 0 bridgehead atoms. The first-order chi connectivity index (χ1) is 12.0. The van der Waals surface area contributed by atoms with Crippen molar-refractivity contribution >= 4 is 5.69 Å². The number of hydrogen-bond donors (Lipinski definition) is 0. The summed E-state index contributed by atoms with van der Waals surface area (Å²) < 4.78 is 10.9. The van der Waals surface area contributed by atoms with Gasteiger partial charge in [0.25, 0.3) is 5.69 Å². The van der Waals surface area contributed by atoms with Crippen molar-refractivity contribution in [2.45, 2.75) is 26.4 Å². The minimum atomic E-state index is -0.425. The molecular weight excluding hydrogens is 322 g/mol. The van der Waals surface area contributed by atoms with Crippen molar-refractivity contribution in [2.24, 2.45) is 0 Å². The summed E-state index contributed by atoms with van der Waals surface area (Å²) in [5.41, 5.74) is 1.77. The van der Waals surface area contributed by atoms with E-state index in [0.717, 1.165) is 11.1 Å². The fraction of sp³-hybridized carbons (Fsp3) is 0.222. The molecule has 0 saturated heterocycles. The van der Waals surface area contributed by atoms with Crippen LogP contribution in [0.2, 0.25) is 0 Å². The zero-order valence-electron chi connectivity index (χ0n) is 13.9. The third-order valence-electron chi connectivity index (χ3n) is 3.60. The highest BCUT2D eigenvalue weighted by Gasteiger charge is 2.11. The maximum absolute atomic E-state index is 10.6. The third kappa shape index (κ3) is 4.00. The summed E-state index contributed by atoms with van der Waals surface area (Å²) in [6.07, 6.45) is 0. The standard InChI is InChI=1S/C18H17N3O4/c1-12(2)18-19-17(20-25-18)14-5-9-16(10-6-14)24-11-13-3-7-15(8-4-13)21(22)23/h3-10,12H,11H2,1-2H3. The van der Waals surface area contributed by atoms with E-state index < -0.39 is 4.92 Å². The van der Waals surface area contributed by atoms with Crippen LogP contribution in [0.15, 0.2) is 53.1 Å². The van der Waals surface area contributed by atoms with E-state index in [1.54, 1.807) is 12.1 Å². The molecule has 0 aliphatic carbocycles. The molecule has 1 aromatic heterocycles. The molecule has 1 heterocycles. The van der Waals surface area contributed by atoms with E-state index in [9.17, 15) is 10.1 Å². The molecule has 3 rings (SSSR count). The van der Waals surface area contributed by atoms with Gasteiger partial charge in [0.05, 0.1) is 4.92 Å². The van der Waals surface area contributed by atoms with Gasteiger partial charge < -0.3 is 9.26 Å². The first-order valence-electron chi connectivity index (χ1n) is 7.83. The van der Waals surface area contributed by atoms with Crippen LogP contribution in [0, 0.1) is 10.1 Å². The van der Waals surface area contributed by atoms with Gasteiger partial charge in [-0.05, 0) is 42.0 Å². The predicted octanol–water partition coefficient (Wildman–Crippen LogP) is 4.35. The number of nitrogens with zero attached hydrogens (tertiary/aromatic N) is 3. The van der Waals surface area contributed by atoms with E-state index in [4.69, 9.17) is 9.26 Å². The van der Waals surface area contributed by atoms with Crippen LogP contribution in [0.25, 0.3) is 11.4 Å². The number of non-ortho nitro benzene ring substituents is 1. The van der Waals surface area contributed by atoms with Gasteiger partial charge in [-0.25, -0.2) is 0 Å². The molecule has 3 aromatic rings. The Kier molecular flexibility index (Phi) is 4.74. The fourth-order valence-electron chi connectivity index (χ4n) is 2.17.